The van der Waals surface area contributed by atoms with E-state index in [1.54, 1.807) is 34.6 Å². The largest absolute Gasteiger partial charge is 0.454 e. The number of aliphatic hydroxyl groups excluding tert-OH is 1. The summed E-state index contributed by atoms with van der Waals surface area (Å²) in [6.07, 6.45) is 19.6. The van der Waals surface area contributed by atoms with E-state index in [2.05, 4.69) is 38.2 Å². The average molecular weight is 660 g/mol. The van der Waals surface area contributed by atoms with Crippen molar-refractivity contribution in [1.29, 1.82) is 0 Å². The normalized spacial score (nSPS) is 21.9. The van der Waals surface area contributed by atoms with E-state index in [0.29, 0.717) is 18.9 Å². The number of carbonyl (C=O) groups is 3. The van der Waals surface area contributed by atoms with Gasteiger partial charge >= 0.3 is 5.97 Å². The molecule has 1 amide bonds. The summed E-state index contributed by atoms with van der Waals surface area (Å²) in [5.74, 6) is -0.980. The predicted octanol–water partition coefficient (Wildman–Crippen LogP) is 8.22. The van der Waals surface area contributed by atoms with E-state index in [4.69, 9.17) is 4.74 Å². The third-order valence-corrected chi connectivity index (χ3v) is 10.4. The highest BCUT2D eigenvalue weighted by Crippen LogP contribution is 2.32. The standard InChI is InChI=1S/C37H57NO5S2/c1-24(19-26(3)15-17-32-28(5)16-18-34(40)43-32)13-12-14-25(2)20-29(6)35(41)31(8)36(42)30(7)21-27(4)22-33(39)38-23-37(9,10)45-44-11/h12,14-20,22,24,28-32,36,42H,13,21,23H2,1-11H3,(H,38,39)/t24?,28-,29?,30?,31?,32-,36+/m0/s1. The fourth-order valence-corrected chi connectivity index (χ4v) is 7.36. The van der Waals surface area contributed by atoms with Crippen LogP contribution in [-0.4, -0.2) is 52.5 Å². The summed E-state index contributed by atoms with van der Waals surface area (Å²) in [5.41, 5.74) is 2.99. The number of Topliss-reactive ketones (excluding diaryl/α,β-unsaturated/α-hetero) is 1. The average Bonchev–Trinajstić information content (AvgIpc) is 2.95. The summed E-state index contributed by atoms with van der Waals surface area (Å²) in [4.78, 5) is 37.1. The summed E-state index contributed by atoms with van der Waals surface area (Å²) >= 11 is 0. The van der Waals surface area contributed by atoms with E-state index in [9.17, 15) is 19.5 Å². The molecule has 0 aliphatic carbocycles. The van der Waals surface area contributed by atoms with Crippen LogP contribution in [0, 0.1) is 29.6 Å². The molecule has 0 bridgehead atoms. The molecule has 1 aliphatic heterocycles. The zero-order valence-corrected chi connectivity index (χ0v) is 30.9. The number of rotatable bonds is 18. The lowest BCUT2D eigenvalue weighted by Crippen LogP contribution is -2.35. The fourth-order valence-electron chi connectivity index (χ4n) is 5.25. The maximum Gasteiger partial charge on any atom is 0.331 e. The van der Waals surface area contributed by atoms with Gasteiger partial charge in [-0.15, -0.1) is 0 Å². The lowest BCUT2D eigenvalue weighted by Gasteiger charge is -2.26. The predicted molar refractivity (Wildman–Crippen MR) is 193 cm³/mol. The van der Waals surface area contributed by atoms with Gasteiger partial charge in [0.05, 0.1) is 6.10 Å². The summed E-state index contributed by atoms with van der Waals surface area (Å²) in [5, 5.41) is 13.9. The first-order chi connectivity index (χ1) is 20.9. The molecule has 2 N–H and O–H groups in total. The highest BCUT2D eigenvalue weighted by atomic mass is 33.1. The Morgan fingerprint density at radius 2 is 1.73 bits per heavy atom. The monoisotopic (exact) mass is 659 g/mol. The topological polar surface area (TPSA) is 92.7 Å². The molecule has 8 heteroatoms. The number of hydrogen-bond donors (Lipinski definition) is 2. The molecule has 0 aromatic carbocycles. The Balaban J connectivity index is 2.62. The van der Waals surface area contributed by atoms with Crippen LogP contribution >= 0.6 is 21.6 Å². The Hall–Kier alpha value is -2.29. The fraction of sp³-hybridized carbons (Fsp3) is 0.595. The first-order valence-corrected chi connectivity index (χ1v) is 18.5. The lowest BCUT2D eigenvalue weighted by atomic mass is 9.83. The Kier molecular flexibility index (Phi) is 18.2. The molecule has 0 saturated heterocycles. The van der Waals surface area contributed by atoms with Crippen LogP contribution in [0.4, 0.5) is 0 Å². The number of allylic oxidation sites excluding steroid dienone is 8. The molecule has 1 rings (SSSR count). The minimum atomic E-state index is -0.803. The van der Waals surface area contributed by atoms with E-state index in [1.165, 1.54) is 6.08 Å². The van der Waals surface area contributed by atoms with Crippen molar-refractivity contribution < 1.29 is 24.2 Å². The van der Waals surface area contributed by atoms with Crippen molar-refractivity contribution in [2.45, 2.75) is 99.0 Å². The molecule has 4 unspecified atom stereocenters. The van der Waals surface area contributed by atoms with Crippen molar-refractivity contribution in [2.24, 2.45) is 29.6 Å². The highest BCUT2D eigenvalue weighted by Gasteiger charge is 2.29. The van der Waals surface area contributed by atoms with Gasteiger partial charge < -0.3 is 15.2 Å². The molecule has 45 heavy (non-hydrogen) atoms. The van der Waals surface area contributed by atoms with Crippen molar-refractivity contribution in [1.82, 2.24) is 5.32 Å². The molecule has 0 radical (unpaired) electrons. The SMILES string of the molecule is CSSC(C)(C)CNC(=O)C=C(C)CC(C)[C@@H](O)C(C)C(=O)C(C)C=C(C)C=CCC(C)C=C(C)C=C[C@@H]1OC(=O)C=C[C@@H]1C. The third kappa shape index (κ3) is 16.2. The summed E-state index contributed by atoms with van der Waals surface area (Å²) in [6.45, 7) is 20.4. The molecule has 1 heterocycles. The summed E-state index contributed by atoms with van der Waals surface area (Å²) < 4.78 is 5.31. The molecule has 0 saturated carbocycles. The van der Waals surface area contributed by atoms with E-state index in [0.717, 1.165) is 23.1 Å². The van der Waals surface area contributed by atoms with Crippen LogP contribution in [0.15, 0.2) is 71.4 Å². The Labute approximate surface area is 280 Å². The molecule has 0 aromatic rings. The number of ketones is 1. The van der Waals surface area contributed by atoms with Crippen molar-refractivity contribution in [3.05, 3.63) is 71.4 Å². The molecule has 0 fully saturated rings. The highest BCUT2D eigenvalue weighted by molar-refractivity contribution is 8.77. The van der Waals surface area contributed by atoms with Gasteiger partial charge in [-0.05, 0) is 71.6 Å². The lowest BCUT2D eigenvalue weighted by molar-refractivity contribution is -0.143. The van der Waals surface area contributed by atoms with E-state index >= 15 is 0 Å². The second-order valence-electron chi connectivity index (χ2n) is 13.3. The van der Waals surface area contributed by atoms with Gasteiger partial charge in [0.1, 0.15) is 11.9 Å². The van der Waals surface area contributed by atoms with Crippen LogP contribution in [-0.2, 0) is 19.1 Å². The van der Waals surface area contributed by atoms with Crippen LogP contribution in [0.5, 0.6) is 0 Å². The summed E-state index contributed by atoms with van der Waals surface area (Å²) in [6, 6.07) is 0. The molecule has 6 nitrogen and oxygen atoms in total. The number of carbonyl (C=O) groups excluding carboxylic acids is 3. The van der Waals surface area contributed by atoms with Gasteiger partial charge in [0.25, 0.3) is 0 Å². The maximum absolute atomic E-state index is 13.2. The van der Waals surface area contributed by atoms with E-state index < -0.39 is 12.0 Å². The van der Waals surface area contributed by atoms with Crippen molar-refractivity contribution in [3.8, 4) is 0 Å². The molecule has 7 atom stereocenters. The zero-order valence-electron chi connectivity index (χ0n) is 29.3. The minimum Gasteiger partial charge on any atom is -0.454 e. The van der Waals surface area contributed by atoms with E-state index in [-0.39, 0.29) is 46.3 Å². The van der Waals surface area contributed by atoms with Crippen LogP contribution in [0.25, 0.3) is 0 Å². The van der Waals surface area contributed by atoms with Gasteiger partial charge in [0.15, 0.2) is 0 Å². The second kappa shape index (κ2) is 20.1. The third-order valence-electron chi connectivity index (χ3n) is 7.82. The van der Waals surface area contributed by atoms with Crippen molar-refractivity contribution in [3.63, 3.8) is 0 Å². The summed E-state index contributed by atoms with van der Waals surface area (Å²) in [7, 11) is 3.40. The first-order valence-electron chi connectivity index (χ1n) is 15.9. The number of esters is 1. The molecular weight excluding hydrogens is 603 g/mol. The van der Waals surface area contributed by atoms with Gasteiger partial charge in [-0.1, -0.05) is 109 Å². The van der Waals surface area contributed by atoms with Gasteiger partial charge in [0, 0.05) is 41.2 Å². The number of ether oxygens (including phenoxy) is 1. The number of amides is 1. The quantitative estimate of drug-likeness (QED) is 0.0663. The Morgan fingerprint density at radius 1 is 1.09 bits per heavy atom. The first kappa shape index (κ1) is 40.7. The van der Waals surface area contributed by atoms with Gasteiger partial charge in [-0.2, -0.15) is 0 Å². The maximum atomic E-state index is 13.2. The second-order valence-corrected chi connectivity index (χ2v) is 16.4. The molecule has 1 aliphatic rings. The van der Waals surface area contributed by atoms with Crippen LogP contribution in [0.3, 0.4) is 0 Å². The Bertz CT molecular complexity index is 1180. The van der Waals surface area contributed by atoms with Gasteiger partial charge in [0.2, 0.25) is 5.91 Å². The van der Waals surface area contributed by atoms with Crippen molar-refractivity contribution in [2.75, 3.05) is 12.8 Å². The van der Waals surface area contributed by atoms with Gasteiger partial charge in [-0.3, -0.25) is 9.59 Å². The smallest absolute Gasteiger partial charge is 0.331 e. The molecule has 252 valence electrons. The van der Waals surface area contributed by atoms with Crippen LogP contribution < -0.4 is 5.32 Å². The molecule has 0 aromatic heterocycles. The minimum absolute atomic E-state index is 0.00201. The Morgan fingerprint density at radius 3 is 2.38 bits per heavy atom. The number of hydrogen-bond acceptors (Lipinski definition) is 7. The molecule has 0 spiro atoms. The van der Waals surface area contributed by atoms with E-state index in [1.807, 2.05) is 78.2 Å². The van der Waals surface area contributed by atoms with Crippen LogP contribution in [0.1, 0.15) is 82.1 Å². The number of nitrogens with one attached hydrogen (secondary N) is 1. The van der Waals surface area contributed by atoms with Crippen molar-refractivity contribution >= 4 is 39.2 Å². The molecular formula is C37H57NO5S2. The zero-order chi connectivity index (χ0) is 34.3. The van der Waals surface area contributed by atoms with Gasteiger partial charge in [-0.25, -0.2) is 4.79 Å². The number of aliphatic hydroxyl groups is 1. The van der Waals surface area contributed by atoms with Crippen LogP contribution in [0.2, 0.25) is 0 Å². The number of cyclic esters (lactones) is 1.